The highest BCUT2D eigenvalue weighted by atomic mass is 35.5. The van der Waals surface area contributed by atoms with Gasteiger partial charge in [0.05, 0.1) is 0 Å². The van der Waals surface area contributed by atoms with Crippen LogP contribution in [0.25, 0.3) is 0 Å². The summed E-state index contributed by atoms with van der Waals surface area (Å²) in [6.45, 7) is 4.37. The number of anilines is 1. The van der Waals surface area contributed by atoms with Gasteiger partial charge in [-0.1, -0.05) is 17.7 Å². The van der Waals surface area contributed by atoms with Gasteiger partial charge in [-0.05, 0) is 44.4 Å². The Bertz CT molecular complexity index is 915. The molecule has 0 spiro atoms. The van der Waals surface area contributed by atoms with E-state index in [0.717, 1.165) is 18.4 Å². The van der Waals surface area contributed by atoms with E-state index in [0.29, 0.717) is 23.8 Å². The van der Waals surface area contributed by atoms with Gasteiger partial charge in [0.15, 0.2) is 5.76 Å². The molecule has 0 atom stereocenters. The van der Waals surface area contributed by atoms with E-state index in [1.807, 2.05) is 6.92 Å². The third-order valence-corrected chi connectivity index (χ3v) is 6.47. The second kappa shape index (κ2) is 6.82. The molecular weight excluding hydrogens is 364 g/mol. The predicted octanol–water partition coefficient (Wildman–Crippen LogP) is 3.59. The quantitative estimate of drug-likeness (QED) is 0.876. The van der Waals surface area contributed by atoms with Crippen LogP contribution in [-0.4, -0.2) is 31.7 Å². The monoisotopic (exact) mass is 382 g/mol. The number of benzene rings is 1. The van der Waals surface area contributed by atoms with Gasteiger partial charge in [0, 0.05) is 29.9 Å². The fraction of sp³-hybridized carbons (Fsp3) is 0.353. The summed E-state index contributed by atoms with van der Waals surface area (Å²) in [5.41, 5.74) is 1.39. The van der Waals surface area contributed by atoms with E-state index in [1.54, 1.807) is 25.1 Å². The molecule has 1 aliphatic heterocycles. The van der Waals surface area contributed by atoms with Crippen LogP contribution in [0.2, 0.25) is 5.02 Å². The number of carbonyl (C=O) groups is 1. The Morgan fingerprint density at radius 1 is 1.20 bits per heavy atom. The number of hydrogen-bond donors (Lipinski definition) is 1. The summed E-state index contributed by atoms with van der Waals surface area (Å²) in [7, 11) is -3.63. The zero-order valence-electron chi connectivity index (χ0n) is 14.0. The van der Waals surface area contributed by atoms with Crippen LogP contribution in [0.1, 0.15) is 34.7 Å². The molecular formula is C17H19ClN2O4S. The number of nitrogens with zero attached hydrogens (tertiary/aromatic N) is 1. The average Bonchev–Trinajstić information content (AvgIpc) is 3.20. The second-order valence-corrected chi connectivity index (χ2v) is 8.40. The highest BCUT2D eigenvalue weighted by Crippen LogP contribution is 2.27. The number of aryl methyl sites for hydroxylation is 2. The lowest BCUT2D eigenvalue weighted by molar-refractivity contribution is 0.0995. The maximum absolute atomic E-state index is 12.7. The number of rotatable bonds is 4. The maximum Gasteiger partial charge on any atom is 0.291 e. The van der Waals surface area contributed by atoms with Crippen molar-refractivity contribution in [3.05, 3.63) is 46.4 Å². The molecule has 8 heteroatoms. The SMILES string of the molecule is Cc1ccc(Cl)cc1NC(=O)c1cc(S(=O)(=O)N2CCCC2)c(C)o1. The third kappa shape index (κ3) is 3.58. The second-order valence-electron chi connectivity index (χ2n) is 6.06. The topological polar surface area (TPSA) is 79.6 Å². The summed E-state index contributed by atoms with van der Waals surface area (Å²) in [4.78, 5) is 12.5. The van der Waals surface area contributed by atoms with E-state index in [1.165, 1.54) is 10.4 Å². The molecule has 25 heavy (non-hydrogen) atoms. The van der Waals surface area contributed by atoms with Gasteiger partial charge in [0.1, 0.15) is 10.7 Å². The number of furan rings is 1. The fourth-order valence-electron chi connectivity index (χ4n) is 2.81. The van der Waals surface area contributed by atoms with E-state index < -0.39 is 15.9 Å². The van der Waals surface area contributed by atoms with Gasteiger partial charge in [-0.25, -0.2) is 8.42 Å². The highest BCUT2D eigenvalue weighted by molar-refractivity contribution is 7.89. The third-order valence-electron chi connectivity index (χ3n) is 4.23. The normalized spacial score (nSPS) is 15.5. The lowest BCUT2D eigenvalue weighted by atomic mass is 10.2. The molecule has 1 N–H and O–H groups in total. The molecule has 0 bridgehead atoms. The number of amides is 1. The van der Waals surface area contributed by atoms with E-state index in [9.17, 15) is 13.2 Å². The number of halogens is 1. The molecule has 1 amide bonds. The van der Waals surface area contributed by atoms with Crippen LogP contribution in [0.4, 0.5) is 5.69 Å². The summed E-state index contributed by atoms with van der Waals surface area (Å²) >= 11 is 5.95. The fourth-order valence-corrected chi connectivity index (χ4v) is 4.66. The molecule has 0 unspecified atom stereocenters. The largest absolute Gasteiger partial charge is 0.455 e. The summed E-state index contributed by atoms with van der Waals surface area (Å²) in [5.74, 6) is -0.356. The molecule has 1 aromatic heterocycles. The van der Waals surface area contributed by atoms with E-state index >= 15 is 0 Å². The molecule has 1 saturated heterocycles. The summed E-state index contributed by atoms with van der Waals surface area (Å²) < 4.78 is 32.2. The van der Waals surface area contributed by atoms with Gasteiger partial charge in [0.25, 0.3) is 5.91 Å². The lowest BCUT2D eigenvalue weighted by Crippen LogP contribution is -2.28. The van der Waals surface area contributed by atoms with Crippen LogP contribution < -0.4 is 5.32 Å². The zero-order chi connectivity index (χ0) is 18.2. The van der Waals surface area contributed by atoms with Crippen molar-refractivity contribution in [2.75, 3.05) is 18.4 Å². The van der Waals surface area contributed by atoms with Crippen molar-refractivity contribution in [3.8, 4) is 0 Å². The van der Waals surface area contributed by atoms with Gasteiger partial charge in [-0.2, -0.15) is 4.31 Å². The molecule has 2 heterocycles. The van der Waals surface area contributed by atoms with Crippen molar-refractivity contribution < 1.29 is 17.6 Å². The summed E-state index contributed by atoms with van der Waals surface area (Å²) in [6.07, 6.45) is 1.69. The number of nitrogens with one attached hydrogen (secondary N) is 1. The Kier molecular flexibility index (Phi) is 4.90. The highest BCUT2D eigenvalue weighted by Gasteiger charge is 2.31. The van der Waals surface area contributed by atoms with Crippen LogP contribution in [0, 0.1) is 13.8 Å². The molecule has 1 aliphatic rings. The van der Waals surface area contributed by atoms with Crippen molar-refractivity contribution in [2.45, 2.75) is 31.6 Å². The first kappa shape index (κ1) is 18.0. The molecule has 2 aromatic rings. The first-order valence-electron chi connectivity index (χ1n) is 7.97. The van der Waals surface area contributed by atoms with Crippen LogP contribution >= 0.6 is 11.6 Å². The Labute approximate surface area is 151 Å². The van der Waals surface area contributed by atoms with E-state index in [-0.39, 0.29) is 16.4 Å². The van der Waals surface area contributed by atoms with Gasteiger partial charge in [0.2, 0.25) is 10.0 Å². The Morgan fingerprint density at radius 3 is 2.56 bits per heavy atom. The molecule has 6 nitrogen and oxygen atoms in total. The number of hydrogen-bond acceptors (Lipinski definition) is 4. The lowest BCUT2D eigenvalue weighted by Gasteiger charge is -2.14. The molecule has 3 rings (SSSR count). The van der Waals surface area contributed by atoms with E-state index in [2.05, 4.69) is 5.32 Å². The van der Waals surface area contributed by atoms with Crippen LogP contribution in [0.15, 0.2) is 33.6 Å². The van der Waals surface area contributed by atoms with Gasteiger partial charge in [-0.15, -0.1) is 0 Å². The van der Waals surface area contributed by atoms with Crippen molar-refractivity contribution in [2.24, 2.45) is 0 Å². The number of carbonyl (C=O) groups excluding carboxylic acids is 1. The maximum atomic E-state index is 12.7. The van der Waals surface area contributed by atoms with Gasteiger partial charge < -0.3 is 9.73 Å². The number of sulfonamides is 1. The van der Waals surface area contributed by atoms with Crippen molar-refractivity contribution >= 4 is 33.2 Å². The van der Waals surface area contributed by atoms with Gasteiger partial charge in [-0.3, -0.25) is 4.79 Å². The van der Waals surface area contributed by atoms with Crippen LogP contribution in [0.5, 0.6) is 0 Å². The molecule has 0 saturated carbocycles. The smallest absolute Gasteiger partial charge is 0.291 e. The predicted molar refractivity (Wildman–Crippen MR) is 95.6 cm³/mol. The minimum atomic E-state index is -3.63. The van der Waals surface area contributed by atoms with Crippen molar-refractivity contribution in [1.82, 2.24) is 4.31 Å². The molecule has 1 fully saturated rings. The standard InChI is InChI=1S/C17H19ClN2O4S/c1-11-5-6-13(18)9-14(11)19-17(21)15-10-16(12(2)24-15)25(22,23)20-7-3-4-8-20/h5-6,9-10H,3-4,7-8H2,1-2H3,(H,19,21). The van der Waals surface area contributed by atoms with Crippen molar-refractivity contribution in [3.63, 3.8) is 0 Å². The minimum Gasteiger partial charge on any atom is -0.455 e. The van der Waals surface area contributed by atoms with Gasteiger partial charge >= 0.3 is 0 Å². The average molecular weight is 383 g/mol. The van der Waals surface area contributed by atoms with E-state index in [4.69, 9.17) is 16.0 Å². The van der Waals surface area contributed by atoms with Crippen LogP contribution in [0.3, 0.4) is 0 Å². The van der Waals surface area contributed by atoms with Crippen LogP contribution in [-0.2, 0) is 10.0 Å². The molecule has 0 aliphatic carbocycles. The first-order chi connectivity index (χ1) is 11.8. The summed E-state index contributed by atoms with van der Waals surface area (Å²) in [6, 6.07) is 6.43. The summed E-state index contributed by atoms with van der Waals surface area (Å²) in [5, 5.41) is 3.20. The Balaban J connectivity index is 1.86. The minimum absolute atomic E-state index is 0.0439. The molecule has 134 valence electrons. The Hall–Kier alpha value is -1.83. The van der Waals surface area contributed by atoms with Crippen molar-refractivity contribution in [1.29, 1.82) is 0 Å². The molecule has 1 aromatic carbocycles. The first-order valence-corrected chi connectivity index (χ1v) is 9.79. The molecule has 0 radical (unpaired) electrons. The zero-order valence-corrected chi connectivity index (χ0v) is 15.6. The Morgan fingerprint density at radius 2 is 1.88 bits per heavy atom.